The lowest BCUT2D eigenvalue weighted by Gasteiger charge is -2.21. The molecule has 0 saturated carbocycles. The summed E-state index contributed by atoms with van der Waals surface area (Å²) < 4.78 is 50.2. The summed E-state index contributed by atoms with van der Waals surface area (Å²) >= 11 is 0. The third-order valence-corrected chi connectivity index (χ3v) is 2.32. The van der Waals surface area contributed by atoms with Gasteiger partial charge in [-0.25, -0.2) is 4.39 Å². The maximum absolute atomic E-state index is 13.2. The van der Waals surface area contributed by atoms with Gasteiger partial charge in [0.05, 0.1) is 24.1 Å². The van der Waals surface area contributed by atoms with Crippen LogP contribution in [0.3, 0.4) is 0 Å². The van der Waals surface area contributed by atoms with E-state index in [1.807, 2.05) is 0 Å². The highest BCUT2D eigenvalue weighted by molar-refractivity contribution is 5.69. The van der Waals surface area contributed by atoms with Crippen LogP contribution < -0.4 is 0 Å². The standard InChI is InChI=1S/C11H10F4N2O4/c12-8-1-7(2-9(3-8)17(20)21)4-16(5-10(18)19)6-11(13,14)15/h1-3H,4-6H2,(H,18,19). The SMILES string of the molecule is O=C(O)CN(Cc1cc(F)cc([N+](=O)[O-])c1)CC(F)(F)F. The average Bonchev–Trinajstić information content (AvgIpc) is 2.24. The summed E-state index contributed by atoms with van der Waals surface area (Å²) in [7, 11) is 0. The average molecular weight is 310 g/mol. The number of nitro groups is 1. The molecule has 0 aliphatic heterocycles. The van der Waals surface area contributed by atoms with Crippen LogP contribution in [0.15, 0.2) is 18.2 Å². The second-order valence-electron chi connectivity index (χ2n) is 4.23. The number of nitro benzene ring substituents is 1. The van der Waals surface area contributed by atoms with Crippen molar-refractivity contribution in [1.29, 1.82) is 0 Å². The number of non-ortho nitro benzene ring substituents is 1. The Morgan fingerprint density at radius 2 is 1.95 bits per heavy atom. The predicted molar refractivity (Wildman–Crippen MR) is 62.0 cm³/mol. The number of hydrogen-bond donors (Lipinski definition) is 1. The van der Waals surface area contributed by atoms with Crippen LogP contribution in [0.4, 0.5) is 23.2 Å². The Morgan fingerprint density at radius 3 is 2.43 bits per heavy atom. The molecule has 0 aliphatic carbocycles. The van der Waals surface area contributed by atoms with Gasteiger partial charge in [0.1, 0.15) is 5.82 Å². The molecule has 0 aliphatic rings. The molecule has 1 rings (SSSR count). The van der Waals surface area contributed by atoms with Crippen LogP contribution in [0.2, 0.25) is 0 Å². The molecular weight excluding hydrogens is 300 g/mol. The molecule has 10 heteroatoms. The van der Waals surface area contributed by atoms with Gasteiger partial charge in [0.25, 0.3) is 5.69 Å². The molecule has 0 heterocycles. The van der Waals surface area contributed by atoms with Crippen molar-refractivity contribution in [3.8, 4) is 0 Å². The monoisotopic (exact) mass is 310 g/mol. The predicted octanol–water partition coefficient (Wildman–Crippen LogP) is 2.18. The first-order chi connectivity index (χ1) is 9.56. The van der Waals surface area contributed by atoms with Crippen LogP contribution in [0, 0.1) is 15.9 Å². The molecule has 0 unspecified atom stereocenters. The lowest BCUT2D eigenvalue weighted by Crippen LogP contribution is -2.37. The number of aliphatic carboxylic acids is 1. The second-order valence-corrected chi connectivity index (χ2v) is 4.23. The van der Waals surface area contributed by atoms with Crippen LogP contribution in [0.5, 0.6) is 0 Å². The zero-order valence-corrected chi connectivity index (χ0v) is 10.4. The Hall–Kier alpha value is -2.23. The lowest BCUT2D eigenvalue weighted by atomic mass is 10.2. The van der Waals surface area contributed by atoms with Crippen LogP contribution in [-0.2, 0) is 11.3 Å². The summed E-state index contributed by atoms with van der Waals surface area (Å²) in [5, 5.41) is 19.1. The number of nitrogens with zero attached hydrogens (tertiary/aromatic N) is 2. The van der Waals surface area contributed by atoms with E-state index < -0.39 is 48.2 Å². The molecule has 0 radical (unpaired) electrons. The van der Waals surface area contributed by atoms with E-state index in [1.165, 1.54) is 0 Å². The molecule has 0 spiro atoms. The van der Waals surface area contributed by atoms with Crippen molar-refractivity contribution in [2.45, 2.75) is 12.7 Å². The number of carbonyl (C=O) groups is 1. The van der Waals surface area contributed by atoms with E-state index in [-0.39, 0.29) is 5.56 Å². The van der Waals surface area contributed by atoms with E-state index in [1.54, 1.807) is 0 Å². The van der Waals surface area contributed by atoms with Gasteiger partial charge in [-0.1, -0.05) is 0 Å². The summed E-state index contributed by atoms with van der Waals surface area (Å²) in [5.74, 6) is -2.48. The molecule has 6 nitrogen and oxygen atoms in total. The molecule has 1 aromatic rings. The van der Waals surface area contributed by atoms with Gasteiger partial charge < -0.3 is 5.11 Å². The summed E-state index contributed by atoms with van der Waals surface area (Å²) in [5.41, 5.74) is -0.737. The molecule has 116 valence electrons. The Bertz CT molecular complexity index is 548. The van der Waals surface area contributed by atoms with Crippen molar-refractivity contribution in [2.24, 2.45) is 0 Å². The Kier molecular flexibility index (Phi) is 5.19. The van der Waals surface area contributed by atoms with Gasteiger partial charge in [0.15, 0.2) is 0 Å². The number of hydrogen-bond acceptors (Lipinski definition) is 4. The van der Waals surface area contributed by atoms with Crippen LogP contribution in [0.25, 0.3) is 0 Å². The molecular formula is C11H10F4N2O4. The highest BCUT2D eigenvalue weighted by atomic mass is 19.4. The van der Waals surface area contributed by atoms with Crippen LogP contribution >= 0.6 is 0 Å². The molecule has 0 fully saturated rings. The van der Waals surface area contributed by atoms with Gasteiger partial charge in [0, 0.05) is 12.6 Å². The highest BCUT2D eigenvalue weighted by Gasteiger charge is 2.31. The summed E-state index contributed by atoms with van der Waals surface area (Å²) in [6.45, 7) is -3.03. The van der Waals surface area contributed by atoms with Gasteiger partial charge in [-0.15, -0.1) is 0 Å². The first-order valence-electron chi connectivity index (χ1n) is 5.51. The summed E-state index contributed by atoms with van der Waals surface area (Å²) in [6.07, 6.45) is -4.64. The van der Waals surface area contributed by atoms with Crippen molar-refractivity contribution in [3.05, 3.63) is 39.7 Å². The highest BCUT2D eigenvalue weighted by Crippen LogP contribution is 2.21. The molecule has 0 bridgehead atoms. The molecule has 0 amide bonds. The Morgan fingerprint density at radius 1 is 1.33 bits per heavy atom. The molecule has 0 aromatic heterocycles. The Balaban J connectivity index is 2.97. The van der Waals surface area contributed by atoms with E-state index in [9.17, 15) is 32.5 Å². The maximum atomic E-state index is 13.2. The number of rotatable bonds is 6. The molecule has 0 saturated heterocycles. The largest absolute Gasteiger partial charge is 0.480 e. The number of carboxylic acids is 1. The number of benzene rings is 1. The van der Waals surface area contributed by atoms with Crippen molar-refractivity contribution in [1.82, 2.24) is 4.90 Å². The Labute approximate surface area is 115 Å². The number of halogens is 4. The zero-order chi connectivity index (χ0) is 16.2. The van der Waals surface area contributed by atoms with E-state index in [2.05, 4.69) is 0 Å². The van der Waals surface area contributed by atoms with Crippen molar-refractivity contribution >= 4 is 11.7 Å². The smallest absolute Gasteiger partial charge is 0.401 e. The van der Waals surface area contributed by atoms with Crippen molar-refractivity contribution < 1.29 is 32.4 Å². The molecule has 1 N–H and O–H groups in total. The molecule has 1 aromatic carbocycles. The first-order valence-corrected chi connectivity index (χ1v) is 5.51. The fraction of sp³-hybridized carbons (Fsp3) is 0.364. The van der Waals surface area contributed by atoms with Crippen LogP contribution in [0.1, 0.15) is 5.56 Å². The minimum atomic E-state index is -4.64. The van der Waals surface area contributed by atoms with E-state index >= 15 is 0 Å². The van der Waals surface area contributed by atoms with Crippen LogP contribution in [-0.4, -0.2) is 40.2 Å². The zero-order valence-electron chi connectivity index (χ0n) is 10.4. The van der Waals surface area contributed by atoms with E-state index in [4.69, 9.17) is 5.11 Å². The quantitative estimate of drug-likeness (QED) is 0.494. The third kappa shape index (κ3) is 6.17. The van der Waals surface area contributed by atoms with E-state index in [0.717, 1.165) is 12.1 Å². The van der Waals surface area contributed by atoms with Gasteiger partial charge in [-0.2, -0.15) is 13.2 Å². The molecule has 0 atom stereocenters. The second kappa shape index (κ2) is 6.48. The lowest BCUT2D eigenvalue weighted by molar-refractivity contribution is -0.385. The fourth-order valence-electron chi connectivity index (χ4n) is 1.70. The topological polar surface area (TPSA) is 83.7 Å². The van der Waals surface area contributed by atoms with Crippen molar-refractivity contribution in [2.75, 3.05) is 13.1 Å². The maximum Gasteiger partial charge on any atom is 0.401 e. The third-order valence-electron chi connectivity index (χ3n) is 2.32. The first kappa shape index (κ1) is 16.8. The minimum absolute atomic E-state index is 0.118. The number of carboxylic acid groups (broad SMARTS) is 1. The van der Waals surface area contributed by atoms with E-state index in [0.29, 0.717) is 11.0 Å². The normalized spacial score (nSPS) is 11.7. The van der Waals surface area contributed by atoms with Gasteiger partial charge in [-0.05, 0) is 11.6 Å². The van der Waals surface area contributed by atoms with Gasteiger partial charge in [0.2, 0.25) is 0 Å². The fourth-order valence-corrected chi connectivity index (χ4v) is 1.70. The summed E-state index contributed by atoms with van der Waals surface area (Å²) in [6, 6.07) is 2.33. The minimum Gasteiger partial charge on any atom is -0.480 e. The summed E-state index contributed by atoms with van der Waals surface area (Å²) in [4.78, 5) is 20.7. The van der Waals surface area contributed by atoms with Gasteiger partial charge in [-0.3, -0.25) is 19.8 Å². The molecule has 21 heavy (non-hydrogen) atoms. The number of alkyl halides is 3. The van der Waals surface area contributed by atoms with Gasteiger partial charge >= 0.3 is 12.1 Å². The van der Waals surface area contributed by atoms with Crippen molar-refractivity contribution in [3.63, 3.8) is 0 Å².